The Labute approximate surface area is 122 Å². The zero-order chi connectivity index (χ0) is 14.9. The number of halogens is 3. The third kappa shape index (κ3) is 3.83. The van der Waals surface area contributed by atoms with E-state index in [0.29, 0.717) is 12.1 Å². The highest BCUT2D eigenvalue weighted by Gasteiger charge is 2.35. The van der Waals surface area contributed by atoms with E-state index in [9.17, 15) is 13.2 Å². The summed E-state index contributed by atoms with van der Waals surface area (Å²) in [5, 5.41) is 0. The summed E-state index contributed by atoms with van der Waals surface area (Å²) in [6, 6.07) is 7.47. The average Bonchev–Trinajstić information content (AvgIpc) is 3.25. The van der Waals surface area contributed by atoms with E-state index in [2.05, 4.69) is 9.64 Å². The Bertz CT molecular complexity index is 461. The van der Waals surface area contributed by atoms with E-state index in [-0.39, 0.29) is 5.75 Å². The second-order valence-electron chi connectivity index (χ2n) is 5.97. The van der Waals surface area contributed by atoms with Crippen LogP contribution in [0.25, 0.3) is 0 Å². The first-order valence-corrected chi connectivity index (χ1v) is 7.67. The van der Waals surface area contributed by atoms with Crippen LogP contribution >= 0.6 is 0 Å². The summed E-state index contributed by atoms with van der Waals surface area (Å²) in [4.78, 5) is 2.43. The van der Waals surface area contributed by atoms with Gasteiger partial charge in [0.2, 0.25) is 0 Å². The average molecular weight is 299 g/mol. The Morgan fingerprint density at radius 2 is 1.43 bits per heavy atom. The van der Waals surface area contributed by atoms with Gasteiger partial charge in [0.15, 0.2) is 0 Å². The molecular weight excluding hydrogens is 279 g/mol. The normalized spacial score (nSPS) is 20.3. The molecule has 0 spiro atoms. The summed E-state index contributed by atoms with van der Waals surface area (Å²) in [6.45, 7) is 0. The molecule has 0 saturated heterocycles. The van der Waals surface area contributed by atoms with E-state index < -0.39 is 6.36 Å². The van der Waals surface area contributed by atoms with Gasteiger partial charge in [-0.05, 0) is 49.9 Å². The number of hydrogen-bond donors (Lipinski definition) is 0. The zero-order valence-corrected chi connectivity index (χ0v) is 11.9. The number of alkyl halides is 3. The van der Waals surface area contributed by atoms with Crippen LogP contribution in [0.4, 0.5) is 18.9 Å². The molecule has 21 heavy (non-hydrogen) atoms. The highest BCUT2D eigenvalue weighted by molar-refractivity contribution is 5.52. The fourth-order valence-electron chi connectivity index (χ4n) is 3.25. The second-order valence-corrected chi connectivity index (χ2v) is 5.97. The van der Waals surface area contributed by atoms with Gasteiger partial charge in [0.25, 0.3) is 0 Å². The van der Waals surface area contributed by atoms with Gasteiger partial charge in [-0.25, -0.2) is 0 Å². The van der Waals surface area contributed by atoms with Crippen LogP contribution < -0.4 is 9.64 Å². The molecule has 0 heterocycles. The summed E-state index contributed by atoms with van der Waals surface area (Å²) < 4.78 is 40.5. The van der Waals surface area contributed by atoms with Gasteiger partial charge in [0.1, 0.15) is 5.75 Å². The quantitative estimate of drug-likeness (QED) is 0.785. The summed E-state index contributed by atoms with van der Waals surface area (Å²) in [6.07, 6.45) is 3.95. The van der Waals surface area contributed by atoms with Crippen molar-refractivity contribution in [1.29, 1.82) is 0 Å². The topological polar surface area (TPSA) is 12.5 Å². The SMILES string of the molecule is FC(F)(F)Oc1ccc(N(C2CCCCC2)C2CC2)cc1. The fourth-order valence-corrected chi connectivity index (χ4v) is 3.25. The molecular formula is C16H20F3NO. The Hall–Kier alpha value is -1.39. The molecule has 2 nitrogen and oxygen atoms in total. The van der Waals surface area contributed by atoms with E-state index in [0.717, 1.165) is 5.69 Å². The molecule has 1 aromatic carbocycles. The molecule has 0 aromatic heterocycles. The second kappa shape index (κ2) is 5.78. The molecule has 2 saturated carbocycles. The first-order chi connectivity index (χ1) is 10.0. The summed E-state index contributed by atoms with van der Waals surface area (Å²) in [5.41, 5.74) is 1.03. The smallest absolute Gasteiger partial charge is 0.406 e. The molecule has 0 bridgehead atoms. The lowest BCUT2D eigenvalue weighted by Gasteiger charge is -2.36. The Morgan fingerprint density at radius 1 is 0.857 bits per heavy atom. The minimum Gasteiger partial charge on any atom is -0.406 e. The van der Waals surface area contributed by atoms with Crippen LogP contribution in [0, 0.1) is 0 Å². The van der Waals surface area contributed by atoms with Crippen molar-refractivity contribution in [3.05, 3.63) is 24.3 Å². The summed E-state index contributed by atoms with van der Waals surface area (Å²) in [5.74, 6) is -0.148. The van der Waals surface area contributed by atoms with Crippen LogP contribution in [0.3, 0.4) is 0 Å². The number of nitrogens with zero attached hydrogens (tertiary/aromatic N) is 1. The third-order valence-electron chi connectivity index (χ3n) is 4.28. The summed E-state index contributed by atoms with van der Waals surface area (Å²) >= 11 is 0. The first-order valence-electron chi connectivity index (χ1n) is 7.67. The largest absolute Gasteiger partial charge is 0.573 e. The number of rotatable bonds is 4. The number of anilines is 1. The lowest BCUT2D eigenvalue weighted by molar-refractivity contribution is -0.274. The molecule has 0 N–H and O–H groups in total. The van der Waals surface area contributed by atoms with Crippen molar-refractivity contribution in [3.63, 3.8) is 0 Å². The van der Waals surface area contributed by atoms with Crippen LogP contribution in [0.2, 0.25) is 0 Å². The van der Waals surface area contributed by atoms with Crippen molar-refractivity contribution < 1.29 is 17.9 Å². The molecule has 2 aliphatic carbocycles. The molecule has 0 amide bonds. The maximum Gasteiger partial charge on any atom is 0.573 e. The van der Waals surface area contributed by atoms with Gasteiger partial charge in [-0.3, -0.25) is 0 Å². The minimum atomic E-state index is -4.62. The van der Waals surface area contributed by atoms with Crippen LogP contribution in [0.15, 0.2) is 24.3 Å². The lowest BCUT2D eigenvalue weighted by atomic mass is 9.93. The van der Waals surface area contributed by atoms with Gasteiger partial charge in [-0.2, -0.15) is 0 Å². The maximum absolute atomic E-state index is 12.2. The van der Waals surface area contributed by atoms with Gasteiger partial charge in [0, 0.05) is 17.8 Å². The molecule has 1 aromatic rings. The molecule has 3 rings (SSSR count). The number of ether oxygens (including phenoxy) is 1. The molecule has 0 aliphatic heterocycles. The van der Waals surface area contributed by atoms with Gasteiger partial charge in [0.05, 0.1) is 0 Å². The van der Waals surface area contributed by atoms with E-state index in [1.54, 1.807) is 12.1 Å². The zero-order valence-electron chi connectivity index (χ0n) is 11.9. The van der Waals surface area contributed by atoms with E-state index >= 15 is 0 Å². The minimum absolute atomic E-state index is 0.148. The highest BCUT2D eigenvalue weighted by Crippen LogP contribution is 2.38. The Kier molecular flexibility index (Phi) is 4.00. The van der Waals surface area contributed by atoms with E-state index in [1.807, 2.05) is 0 Å². The molecule has 5 heteroatoms. The maximum atomic E-state index is 12.2. The van der Waals surface area contributed by atoms with Gasteiger partial charge >= 0.3 is 6.36 Å². The molecule has 0 unspecified atom stereocenters. The molecule has 2 aliphatic rings. The Balaban J connectivity index is 1.73. The third-order valence-corrected chi connectivity index (χ3v) is 4.28. The molecule has 116 valence electrons. The van der Waals surface area contributed by atoms with Gasteiger partial charge in [-0.15, -0.1) is 13.2 Å². The van der Waals surface area contributed by atoms with Crippen molar-refractivity contribution in [3.8, 4) is 5.75 Å². The van der Waals surface area contributed by atoms with Crippen molar-refractivity contribution >= 4 is 5.69 Å². The monoisotopic (exact) mass is 299 g/mol. The van der Waals surface area contributed by atoms with Crippen LogP contribution in [-0.4, -0.2) is 18.4 Å². The van der Waals surface area contributed by atoms with Crippen molar-refractivity contribution in [2.75, 3.05) is 4.90 Å². The van der Waals surface area contributed by atoms with E-state index in [4.69, 9.17) is 0 Å². The Morgan fingerprint density at radius 3 is 1.95 bits per heavy atom. The molecule has 0 atom stereocenters. The predicted octanol–water partition coefficient (Wildman–Crippen LogP) is 4.89. The number of hydrogen-bond acceptors (Lipinski definition) is 2. The fraction of sp³-hybridized carbons (Fsp3) is 0.625. The predicted molar refractivity (Wildman–Crippen MR) is 75.5 cm³/mol. The van der Waals surface area contributed by atoms with Gasteiger partial charge < -0.3 is 9.64 Å². The van der Waals surface area contributed by atoms with E-state index in [1.165, 1.54) is 57.1 Å². The van der Waals surface area contributed by atoms with Crippen LogP contribution in [0.1, 0.15) is 44.9 Å². The molecule has 2 fully saturated rings. The molecule has 0 radical (unpaired) electrons. The van der Waals surface area contributed by atoms with Crippen molar-refractivity contribution in [1.82, 2.24) is 0 Å². The highest BCUT2D eigenvalue weighted by atomic mass is 19.4. The lowest BCUT2D eigenvalue weighted by Crippen LogP contribution is -2.38. The van der Waals surface area contributed by atoms with Crippen LogP contribution in [-0.2, 0) is 0 Å². The standard InChI is InChI=1S/C16H20F3NO/c17-16(18,19)21-15-10-8-14(9-11-15)20(13-6-7-13)12-4-2-1-3-5-12/h8-13H,1-7H2. The summed E-state index contributed by atoms with van der Waals surface area (Å²) in [7, 11) is 0. The van der Waals surface area contributed by atoms with Gasteiger partial charge in [-0.1, -0.05) is 19.3 Å². The first kappa shape index (κ1) is 14.5. The van der Waals surface area contributed by atoms with Crippen molar-refractivity contribution in [2.45, 2.75) is 63.4 Å². The van der Waals surface area contributed by atoms with Crippen LogP contribution in [0.5, 0.6) is 5.75 Å². The number of benzene rings is 1. The van der Waals surface area contributed by atoms with Crippen molar-refractivity contribution in [2.24, 2.45) is 0 Å².